The van der Waals surface area contributed by atoms with Gasteiger partial charge in [-0.25, -0.2) is 0 Å². The Morgan fingerprint density at radius 1 is 0.846 bits per heavy atom. The smallest absolute Gasteiger partial charge is 0.0377 e. The van der Waals surface area contributed by atoms with Crippen LogP contribution in [0.3, 0.4) is 0 Å². The molecule has 0 saturated carbocycles. The molecule has 0 bridgehead atoms. The second-order valence-electron chi connectivity index (χ2n) is 12.6. The molecule has 0 amide bonds. The molecule has 1 nitrogen and oxygen atoms in total. The van der Waals surface area contributed by atoms with E-state index in [0.717, 1.165) is 59.4 Å². The molecule has 1 unspecified atom stereocenters. The Bertz CT molecular complexity index is 1860. The van der Waals surface area contributed by atoms with Crippen molar-refractivity contribution in [1.82, 2.24) is 4.90 Å². The Hall–Kier alpha value is -5.27. The van der Waals surface area contributed by atoms with Crippen molar-refractivity contribution >= 4 is 12.6 Å². The Balaban J connectivity index is 1.63. The summed E-state index contributed by atoms with van der Waals surface area (Å²) >= 11 is 4.87. The monoisotopic (exact) mass is 701 g/mol. The van der Waals surface area contributed by atoms with Gasteiger partial charge in [0.1, 0.15) is 0 Å². The van der Waals surface area contributed by atoms with E-state index in [4.69, 9.17) is 12.6 Å². The molecule has 3 aliphatic rings. The van der Waals surface area contributed by atoms with E-state index in [2.05, 4.69) is 130 Å². The third kappa shape index (κ3) is 14.9. The van der Waals surface area contributed by atoms with Crippen LogP contribution < -0.4 is 0 Å². The Morgan fingerprint density at radius 2 is 1.63 bits per heavy atom. The van der Waals surface area contributed by atoms with Crippen LogP contribution in [-0.2, 0) is 0 Å². The first kappa shape index (κ1) is 41.2. The normalized spacial score (nSPS) is 21.4. The van der Waals surface area contributed by atoms with Crippen molar-refractivity contribution in [3.05, 3.63) is 245 Å². The topological polar surface area (TPSA) is 3.24 Å². The predicted molar refractivity (Wildman–Crippen MR) is 234 cm³/mol. The van der Waals surface area contributed by atoms with E-state index in [1.165, 1.54) is 22.3 Å². The summed E-state index contributed by atoms with van der Waals surface area (Å²) in [5.41, 5.74) is 12.7. The molecule has 2 aliphatic carbocycles. The van der Waals surface area contributed by atoms with E-state index >= 15 is 0 Å². The number of hydrogen-bond donors (Lipinski definition) is 1. The molecule has 0 spiro atoms. The van der Waals surface area contributed by atoms with Gasteiger partial charge >= 0.3 is 0 Å². The maximum Gasteiger partial charge on any atom is 0.0377 e. The fourth-order valence-corrected chi connectivity index (χ4v) is 5.95. The number of thiol groups is 1. The van der Waals surface area contributed by atoms with Crippen LogP contribution >= 0.6 is 12.6 Å². The standard InChI is InChI=1S/C50H55NS/c1-7-10-12-16-29-44(33-24-34-45(25-9-3)46-30-18-19-31-46)42(5)27-15-13-14-17-32-48-39-49(40-50(48)52)47-35-23-28-43(6)51(36-21-11-8-2)37-22-20-26-41(4)38-47/h7-28,30,34-37,40,44,52H,3-4,6,29,32-33,38-39H2,1-2,5H3/b10-7-,11-8-,15-13-,16-12-,17-14+,26-20-,28-23-,34-24-,36-21-,37-22-,42-27+,45-25+,47-35+. The summed E-state index contributed by atoms with van der Waals surface area (Å²) in [5, 5.41) is 0. The zero-order valence-electron chi connectivity index (χ0n) is 31.3. The van der Waals surface area contributed by atoms with Crippen LogP contribution in [0.25, 0.3) is 0 Å². The summed E-state index contributed by atoms with van der Waals surface area (Å²) in [5.74, 6) is 0.403. The maximum absolute atomic E-state index is 4.87. The van der Waals surface area contributed by atoms with Gasteiger partial charge in [0.15, 0.2) is 0 Å². The van der Waals surface area contributed by atoms with Crippen molar-refractivity contribution in [2.45, 2.75) is 52.9 Å². The highest BCUT2D eigenvalue weighted by Gasteiger charge is 2.16. The molecule has 3 rings (SSSR count). The highest BCUT2D eigenvalue weighted by Crippen LogP contribution is 2.36. The van der Waals surface area contributed by atoms with Crippen molar-refractivity contribution < 1.29 is 0 Å². The lowest BCUT2D eigenvalue weighted by molar-refractivity contribution is 0.633. The lowest BCUT2D eigenvalue weighted by Crippen LogP contribution is -2.05. The van der Waals surface area contributed by atoms with Gasteiger partial charge in [0.25, 0.3) is 0 Å². The van der Waals surface area contributed by atoms with E-state index in [0.29, 0.717) is 5.92 Å². The minimum absolute atomic E-state index is 0.403. The molecule has 0 aromatic heterocycles. The summed E-state index contributed by atoms with van der Waals surface area (Å²) in [6.45, 7) is 18.7. The number of allylic oxidation sites excluding steroid dienone is 32. The zero-order valence-corrected chi connectivity index (χ0v) is 32.2. The first-order chi connectivity index (χ1) is 25.4. The van der Waals surface area contributed by atoms with Crippen LogP contribution in [0.1, 0.15) is 52.9 Å². The van der Waals surface area contributed by atoms with Crippen molar-refractivity contribution in [2.75, 3.05) is 0 Å². The van der Waals surface area contributed by atoms with E-state index in [-0.39, 0.29) is 0 Å². The predicted octanol–water partition coefficient (Wildman–Crippen LogP) is 14.2. The first-order valence-corrected chi connectivity index (χ1v) is 18.5. The van der Waals surface area contributed by atoms with Gasteiger partial charge in [-0.3, -0.25) is 0 Å². The van der Waals surface area contributed by atoms with E-state index in [1.807, 2.05) is 91.9 Å². The van der Waals surface area contributed by atoms with E-state index < -0.39 is 0 Å². The Morgan fingerprint density at radius 3 is 2.40 bits per heavy atom. The van der Waals surface area contributed by atoms with Crippen molar-refractivity contribution in [3.8, 4) is 0 Å². The molecule has 0 aromatic rings. The summed E-state index contributed by atoms with van der Waals surface area (Å²) in [4.78, 5) is 3.05. The fourth-order valence-electron chi connectivity index (χ4n) is 5.62. The van der Waals surface area contributed by atoms with Crippen LogP contribution in [0.5, 0.6) is 0 Å². The minimum atomic E-state index is 0.403. The van der Waals surface area contributed by atoms with Gasteiger partial charge in [-0.15, -0.1) is 18.4 Å². The molecule has 2 heteroatoms. The summed E-state index contributed by atoms with van der Waals surface area (Å²) in [6, 6.07) is 0. The lowest BCUT2D eigenvalue weighted by atomic mass is 9.92. The van der Waals surface area contributed by atoms with E-state index in [1.54, 1.807) is 0 Å². The molecule has 0 saturated heterocycles. The number of nitrogens with zero attached hydrogens (tertiary/aromatic N) is 1. The Labute approximate surface area is 320 Å². The number of rotatable bonds is 16. The van der Waals surface area contributed by atoms with Crippen LogP contribution in [0, 0.1) is 5.92 Å². The van der Waals surface area contributed by atoms with Crippen LogP contribution in [-0.4, -0.2) is 4.90 Å². The fraction of sp³-hybridized carbons (Fsp3) is 0.180. The maximum atomic E-state index is 4.87. The third-order valence-corrected chi connectivity index (χ3v) is 9.02. The van der Waals surface area contributed by atoms with Crippen molar-refractivity contribution in [3.63, 3.8) is 0 Å². The van der Waals surface area contributed by atoms with Gasteiger partial charge in [-0.1, -0.05) is 152 Å². The highest BCUT2D eigenvalue weighted by molar-refractivity contribution is 7.84. The zero-order chi connectivity index (χ0) is 37.4. The molecule has 0 N–H and O–H groups in total. The molecule has 0 fully saturated rings. The van der Waals surface area contributed by atoms with Crippen molar-refractivity contribution in [2.24, 2.45) is 5.92 Å². The van der Waals surface area contributed by atoms with Gasteiger partial charge in [-0.05, 0) is 118 Å². The average Bonchev–Trinajstić information content (AvgIpc) is 3.80. The molecule has 0 aromatic carbocycles. The second kappa shape index (κ2) is 24.0. The first-order valence-electron chi connectivity index (χ1n) is 18.1. The summed E-state index contributed by atoms with van der Waals surface area (Å²) in [6.07, 6.45) is 62.8. The molecular formula is C50H55NS. The molecule has 266 valence electrons. The second-order valence-corrected chi connectivity index (χ2v) is 13.1. The van der Waals surface area contributed by atoms with Gasteiger partial charge < -0.3 is 4.90 Å². The quantitative estimate of drug-likeness (QED) is 0.0952. The molecule has 1 heterocycles. The summed E-state index contributed by atoms with van der Waals surface area (Å²) < 4.78 is 0. The number of hydrogen-bond acceptors (Lipinski definition) is 2. The average molecular weight is 702 g/mol. The third-order valence-electron chi connectivity index (χ3n) is 8.57. The van der Waals surface area contributed by atoms with Gasteiger partial charge in [0, 0.05) is 28.6 Å². The van der Waals surface area contributed by atoms with Crippen LogP contribution in [0.4, 0.5) is 0 Å². The Kier molecular flexibility index (Phi) is 19.0. The van der Waals surface area contributed by atoms with Gasteiger partial charge in [-0.2, -0.15) is 0 Å². The molecule has 1 atom stereocenters. The largest absolute Gasteiger partial charge is 0.324 e. The summed E-state index contributed by atoms with van der Waals surface area (Å²) in [7, 11) is 0. The van der Waals surface area contributed by atoms with Crippen LogP contribution in [0.2, 0.25) is 0 Å². The SMILES string of the molecule is C=C/C=C(\C=C/CC(C/C=C\C=C/C)/C(C)=C/C=C\C=C\CC1=C(S)C=C(/C2=C/C=C\C(=C)N(/C=C\C=C/C)/C=C\C=C/C(=C)C2)C1)C1=C=CC=C1. The van der Waals surface area contributed by atoms with Gasteiger partial charge in [0.2, 0.25) is 0 Å². The molecule has 52 heavy (non-hydrogen) atoms. The van der Waals surface area contributed by atoms with Crippen molar-refractivity contribution in [1.29, 1.82) is 0 Å². The van der Waals surface area contributed by atoms with E-state index in [9.17, 15) is 0 Å². The molecular weight excluding hydrogens is 647 g/mol. The minimum Gasteiger partial charge on any atom is -0.324 e. The highest BCUT2D eigenvalue weighted by atomic mass is 32.1. The molecule has 1 aliphatic heterocycles. The molecule has 0 radical (unpaired) electrons. The van der Waals surface area contributed by atoms with Crippen LogP contribution in [0.15, 0.2) is 245 Å². The lowest BCUT2D eigenvalue weighted by Gasteiger charge is -2.15. The van der Waals surface area contributed by atoms with Gasteiger partial charge in [0.05, 0.1) is 0 Å².